The lowest BCUT2D eigenvalue weighted by atomic mass is 10.1. The highest BCUT2D eigenvalue weighted by atomic mass is 16.1. The monoisotopic (exact) mass is 326 g/mol. The lowest BCUT2D eigenvalue weighted by Gasteiger charge is -2.08. The SMILES string of the molecule is CCc1c(Nc2cccc(C)c2)nn(CC2CC2)c1CCNC=O. The Morgan fingerprint density at radius 2 is 2.21 bits per heavy atom. The summed E-state index contributed by atoms with van der Waals surface area (Å²) < 4.78 is 2.15. The average molecular weight is 326 g/mol. The second-order valence-corrected chi connectivity index (χ2v) is 6.57. The van der Waals surface area contributed by atoms with Gasteiger partial charge in [0.05, 0.1) is 0 Å². The van der Waals surface area contributed by atoms with Gasteiger partial charge in [-0.2, -0.15) is 5.10 Å². The number of carbonyl (C=O) groups is 1. The normalized spacial score (nSPS) is 13.8. The summed E-state index contributed by atoms with van der Waals surface area (Å²) in [6, 6.07) is 8.35. The van der Waals surface area contributed by atoms with Gasteiger partial charge in [-0.1, -0.05) is 19.1 Å². The second-order valence-electron chi connectivity index (χ2n) is 6.57. The van der Waals surface area contributed by atoms with Crippen molar-refractivity contribution in [2.75, 3.05) is 11.9 Å². The van der Waals surface area contributed by atoms with Crippen LogP contribution in [0.2, 0.25) is 0 Å². The van der Waals surface area contributed by atoms with Gasteiger partial charge in [0.1, 0.15) is 0 Å². The van der Waals surface area contributed by atoms with Crippen LogP contribution in [0.1, 0.15) is 36.6 Å². The summed E-state index contributed by atoms with van der Waals surface area (Å²) in [5, 5.41) is 11.1. The zero-order valence-corrected chi connectivity index (χ0v) is 14.5. The van der Waals surface area contributed by atoms with Crippen LogP contribution in [0.15, 0.2) is 24.3 Å². The summed E-state index contributed by atoms with van der Waals surface area (Å²) in [5.41, 5.74) is 4.79. The third-order valence-corrected chi connectivity index (χ3v) is 4.52. The number of aromatic nitrogens is 2. The molecule has 1 amide bonds. The van der Waals surface area contributed by atoms with E-state index in [1.807, 2.05) is 0 Å². The molecule has 0 unspecified atom stereocenters. The summed E-state index contributed by atoms with van der Waals surface area (Å²) in [4.78, 5) is 10.6. The third-order valence-electron chi connectivity index (χ3n) is 4.52. The summed E-state index contributed by atoms with van der Waals surface area (Å²) in [6.07, 6.45) is 5.10. The average Bonchev–Trinajstić information content (AvgIpc) is 3.31. The standard InChI is InChI=1S/C19H26N4O/c1-3-17-18(9-10-20-13-24)23(12-15-7-8-15)22-19(17)21-16-6-4-5-14(2)11-16/h4-6,11,13,15H,3,7-10,12H2,1-2H3,(H,20,24)(H,21,22). The molecule has 1 heterocycles. The van der Waals surface area contributed by atoms with E-state index in [4.69, 9.17) is 5.10 Å². The Bertz CT molecular complexity index is 703. The first-order chi connectivity index (χ1) is 11.7. The van der Waals surface area contributed by atoms with Crippen molar-refractivity contribution in [3.05, 3.63) is 41.1 Å². The smallest absolute Gasteiger partial charge is 0.207 e. The maximum atomic E-state index is 10.6. The van der Waals surface area contributed by atoms with Crippen LogP contribution in [-0.2, 0) is 24.2 Å². The predicted octanol–water partition coefficient (Wildman–Crippen LogP) is 3.20. The van der Waals surface area contributed by atoms with Crippen molar-refractivity contribution in [1.29, 1.82) is 0 Å². The minimum atomic E-state index is 0.650. The van der Waals surface area contributed by atoms with Gasteiger partial charge < -0.3 is 10.6 Å². The molecule has 1 aromatic carbocycles. The van der Waals surface area contributed by atoms with E-state index in [0.29, 0.717) is 6.54 Å². The molecule has 5 nitrogen and oxygen atoms in total. The van der Waals surface area contributed by atoms with Gasteiger partial charge in [0.2, 0.25) is 6.41 Å². The molecule has 1 aromatic heterocycles. The maximum absolute atomic E-state index is 10.6. The molecule has 1 aliphatic rings. The Kier molecular flexibility index (Phi) is 5.18. The minimum Gasteiger partial charge on any atom is -0.358 e. The zero-order chi connectivity index (χ0) is 16.9. The fourth-order valence-corrected chi connectivity index (χ4v) is 3.09. The first-order valence-electron chi connectivity index (χ1n) is 8.80. The molecule has 3 rings (SSSR count). The van der Waals surface area contributed by atoms with E-state index < -0.39 is 0 Å². The quantitative estimate of drug-likeness (QED) is 0.549. The number of carbonyl (C=O) groups excluding carboxylic acids is 1. The number of benzene rings is 1. The Labute approximate surface area is 143 Å². The number of nitrogens with zero attached hydrogens (tertiary/aromatic N) is 2. The van der Waals surface area contributed by atoms with Crippen molar-refractivity contribution >= 4 is 17.9 Å². The summed E-state index contributed by atoms with van der Waals surface area (Å²) in [7, 11) is 0. The molecule has 2 aromatic rings. The van der Waals surface area contributed by atoms with E-state index >= 15 is 0 Å². The highest BCUT2D eigenvalue weighted by Gasteiger charge is 2.25. The fraction of sp³-hybridized carbons (Fsp3) is 0.474. The molecule has 0 bridgehead atoms. The number of amides is 1. The molecule has 0 atom stereocenters. The van der Waals surface area contributed by atoms with Crippen LogP contribution < -0.4 is 10.6 Å². The van der Waals surface area contributed by atoms with Gasteiger partial charge in [-0.15, -0.1) is 0 Å². The minimum absolute atomic E-state index is 0.650. The van der Waals surface area contributed by atoms with E-state index in [1.54, 1.807) is 0 Å². The zero-order valence-electron chi connectivity index (χ0n) is 14.5. The molecule has 0 spiro atoms. The molecule has 0 saturated heterocycles. The Balaban J connectivity index is 1.87. The van der Waals surface area contributed by atoms with Crippen molar-refractivity contribution in [1.82, 2.24) is 15.1 Å². The largest absolute Gasteiger partial charge is 0.358 e. The summed E-state index contributed by atoms with van der Waals surface area (Å²) in [5.74, 6) is 1.71. The molecule has 24 heavy (non-hydrogen) atoms. The maximum Gasteiger partial charge on any atom is 0.207 e. The Morgan fingerprint density at radius 3 is 2.88 bits per heavy atom. The molecule has 1 fully saturated rings. The van der Waals surface area contributed by atoms with Gasteiger partial charge in [0.15, 0.2) is 5.82 Å². The van der Waals surface area contributed by atoms with Crippen LogP contribution >= 0.6 is 0 Å². The molecular weight excluding hydrogens is 300 g/mol. The molecular formula is C19H26N4O. The molecule has 128 valence electrons. The van der Waals surface area contributed by atoms with Crippen molar-refractivity contribution in [3.8, 4) is 0 Å². The van der Waals surface area contributed by atoms with Gasteiger partial charge in [0, 0.05) is 36.5 Å². The first kappa shape index (κ1) is 16.6. The molecule has 2 N–H and O–H groups in total. The van der Waals surface area contributed by atoms with Crippen molar-refractivity contribution in [2.45, 2.75) is 46.1 Å². The third kappa shape index (κ3) is 3.96. The molecule has 0 radical (unpaired) electrons. The number of rotatable bonds is 9. The van der Waals surface area contributed by atoms with Crippen LogP contribution in [0.5, 0.6) is 0 Å². The van der Waals surface area contributed by atoms with E-state index in [2.05, 4.69) is 53.4 Å². The van der Waals surface area contributed by atoms with E-state index in [-0.39, 0.29) is 0 Å². The fourth-order valence-electron chi connectivity index (χ4n) is 3.09. The van der Waals surface area contributed by atoms with Crippen molar-refractivity contribution < 1.29 is 4.79 Å². The molecule has 0 aliphatic heterocycles. The van der Waals surface area contributed by atoms with E-state index in [1.165, 1.54) is 29.7 Å². The van der Waals surface area contributed by atoms with Crippen LogP contribution in [0.3, 0.4) is 0 Å². The van der Waals surface area contributed by atoms with Gasteiger partial charge >= 0.3 is 0 Å². The lowest BCUT2D eigenvalue weighted by Crippen LogP contribution is -2.18. The van der Waals surface area contributed by atoms with Gasteiger partial charge in [-0.3, -0.25) is 9.48 Å². The highest BCUT2D eigenvalue weighted by Crippen LogP contribution is 2.33. The van der Waals surface area contributed by atoms with Crippen LogP contribution in [0, 0.1) is 12.8 Å². The lowest BCUT2D eigenvalue weighted by molar-refractivity contribution is -0.109. The van der Waals surface area contributed by atoms with Crippen LogP contribution in [0.4, 0.5) is 11.5 Å². The van der Waals surface area contributed by atoms with E-state index in [9.17, 15) is 4.79 Å². The Hall–Kier alpha value is -2.30. The molecule has 5 heteroatoms. The molecule has 1 aliphatic carbocycles. The number of anilines is 2. The van der Waals surface area contributed by atoms with Gasteiger partial charge in [-0.25, -0.2) is 0 Å². The Morgan fingerprint density at radius 1 is 1.38 bits per heavy atom. The van der Waals surface area contributed by atoms with Gasteiger partial charge in [0.25, 0.3) is 0 Å². The van der Waals surface area contributed by atoms with Crippen LogP contribution in [-0.4, -0.2) is 22.7 Å². The second kappa shape index (κ2) is 7.51. The van der Waals surface area contributed by atoms with Crippen molar-refractivity contribution in [3.63, 3.8) is 0 Å². The number of aryl methyl sites for hydroxylation is 1. The highest BCUT2D eigenvalue weighted by molar-refractivity contribution is 5.61. The predicted molar refractivity (Wildman–Crippen MR) is 96.6 cm³/mol. The van der Waals surface area contributed by atoms with Crippen LogP contribution in [0.25, 0.3) is 0 Å². The number of hydrogen-bond acceptors (Lipinski definition) is 3. The first-order valence-corrected chi connectivity index (χ1v) is 8.80. The number of nitrogens with one attached hydrogen (secondary N) is 2. The number of hydrogen-bond donors (Lipinski definition) is 2. The van der Waals surface area contributed by atoms with Crippen molar-refractivity contribution in [2.24, 2.45) is 5.92 Å². The topological polar surface area (TPSA) is 59.0 Å². The molecule has 1 saturated carbocycles. The van der Waals surface area contributed by atoms with Gasteiger partial charge in [-0.05, 0) is 49.8 Å². The summed E-state index contributed by atoms with van der Waals surface area (Å²) in [6.45, 7) is 5.89. The summed E-state index contributed by atoms with van der Waals surface area (Å²) >= 11 is 0. The van der Waals surface area contributed by atoms with E-state index in [0.717, 1.165) is 43.2 Å².